The summed E-state index contributed by atoms with van der Waals surface area (Å²) in [5.41, 5.74) is 1.05. The van der Waals surface area contributed by atoms with Gasteiger partial charge in [0.15, 0.2) is 6.10 Å². The van der Waals surface area contributed by atoms with Crippen molar-refractivity contribution in [3.05, 3.63) is 29.8 Å². The Labute approximate surface area is 129 Å². The van der Waals surface area contributed by atoms with E-state index in [1.807, 2.05) is 25.1 Å². The van der Waals surface area contributed by atoms with E-state index in [2.05, 4.69) is 0 Å². The summed E-state index contributed by atoms with van der Waals surface area (Å²) in [5, 5.41) is 8.94. The van der Waals surface area contributed by atoms with E-state index in [1.165, 1.54) is 0 Å². The van der Waals surface area contributed by atoms with Gasteiger partial charge in [0, 0.05) is 6.54 Å². The fraction of sp³-hybridized carbons (Fsp3) is 0.500. The van der Waals surface area contributed by atoms with Crippen molar-refractivity contribution >= 4 is 11.9 Å². The van der Waals surface area contributed by atoms with Crippen molar-refractivity contribution in [2.24, 2.45) is 0 Å². The molecule has 22 heavy (non-hydrogen) atoms. The van der Waals surface area contributed by atoms with E-state index in [-0.39, 0.29) is 18.9 Å². The van der Waals surface area contributed by atoms with Gasteiger partial charge >= 0.3 is 5.97 Å². The zero-order valence-electron chi connectivity index (χ0n) is 12.8. The van der Waals surface area contributed by atoms with Crippen LogP contribution in [0.25, 0.3) is 0 Å². The fourth-order valence-electron chi connectivity index (χ4n) is 2.49. The number of carbonyl (C=O) groups excluding carboxylic acids is 1. The first-order chi connectivity index (χ1) is 10.5. The van der Waals surface area contributed by atoms with Gasteiger partial charge in [-0.2, -0.15) is 0 Å². The second kappa shape index (κ2) is 7.26. The lowest BCUT2D eigenvalue weighted by molar-refractivity contribution is -0.150. The van der Waals surface area contributed by atoms with Gasteiger partial charge in [-0.25, -0.2) is 0 Å². The average molecular weight is 307 g/mol. The van der Waals surface area contributed by atoms with Crippen LogP contribution in [0, 0.1) is 6.92 Å². The number of ether oxygens (including phenoxy) is 2. The van der Waals surface area contributed by atoms with Gasteiger partial charge in [0.05, 0.1) is 25.7 Å². The molecule has 0 spiro atoms. The molecule has 1 amide bonds. The molecule has 1 aromatic rings. The van der Waals surface area contributed by atoms with E-state index in [4.69, 9.17) is 14.6 Å². The van der Waals surface area contributed by atoms with Gasteiger partial charge in [0.2, 0.25) is 0 Å². The third-order valence-electron chi connectivity index (χ3n) is 3.57. The highest BCUT2D eigenvalue weighted by Gasteiger charge is 2.32. The predicted molar refractivity (Wildman–Crippen MR) is 79.8 cm³/mol. The van der Waals surface area contributed by atoms with Crippen LogP contribution in [0.5, 0.6) is 5.75 Å². The molecule has 2 atom stereocenters. The van der Waals surface area contributed by atoms with Crippen molar-refractivity contribution in [1.29, 1.82) is 0 Å². The Kier molecular flexibility index (Phi) is 5.38. The lowest BCUT2D eigenvalue weighted by Gasteiger charge is -2.36. The molecule has 1 fully saturated rings. The third kappa shape index (κ3) is 4.21. The van der Waals surface area contributed by atoms with E-state index in [0.29, 0.717) is 18.9 Å². The summed E-state index contributed by atoms with van der Waals surface area (Å²) in [6, 6.07) is 7.03. The maximum Gasteiger partial charge on any atom is 0.305 e. The quantitative estimate of drug-likeness (QED) is 0.891. The van der Waals surface area contributed by atoms with E-state index in [0.717, 1.165) is 5.56 Å². The Hall–Kier alpha value is -2.08. The van der Waals surface area contributed by atoms with Gasteiger partial charge in [-0.1, -0.05) is 12.1 Å². The van der Waals surface area contributed by atoms with Gasteiger partial charge in [-0.3, -0.25) is 9.59 Å². The molecule has 0 aliphatic carbocycles. The third-order valence-corrected chi connectivity index (χ3v) is 3.57. The van der Waals surface area contributed by atoms with E-state index in [9.17, 15) is 9.59 Å². The molecular formula is C16H21NO5. The van der Waals surface area contributed by atoms with E-state index in [1.54, 1.807) is 17.9 Å². The van der Waals surface area contributed by atoms with Crippen LogP contribution in [-0.4, -0.2) is 53.8 Å². The van der Waals surface area contributed by atoms with Crippen LogP contribution in [0.2, 0.25) is 0 Å². The monoisotopic (exact) mass is 307 g/mol. The molecule has 1 N–H and O–H groups in total. The van der Waals surface area contributed by atoms with E-state index < -0.39 is 18.1 Å². The van der Waals surface area contributed by atoms with Crippen LogP contribution in [0.1, 0.15) is 18.9 Å². The van der Waals surface area contributed by atoms with Gasteiger partial charge < -0.3 is 19.5 Å². The SMILES string of the molecule is Cc1cccc(OC(C)C(=O)N2CCOCC2CC(=O)O)c1. The maximum absolute atomic E-state index is 12.5. The van der Waals surface area contributed by atoms with Gasteiger partial charge in [-0.05, 0) is 31.5 Å². The van der Waals surface area contributed by atoms with Gasteiger partial charge in [0.1, 0.15) is 5.75 Å². The van der Waals surface area contributed by atoms with Crippen molar-refractivity contribution < 1.29 is 24.2 Å². The number of rotatable bonds is 5. The highest BCUT2D eigenvalue weighted by atomic mass is 16.5. The van der Waals surface area contributed by atoms with Crippen LogP contribution in [0.3, 0.4) is 0 Å². The molecule has 120 valence electrons. The molecule has 1 heterocycles. The fourth-order valence-corrected chi connectivity index (χ4v) is 2.49. The molecule has 2 unspecified atom stereocenters. The molecule has 6 heteroatoms. The largest absolute Gasteiger partial charge is 0.481 e. The Morgan fingerprint density at radius 2 is 2.27 bits per heavy atom. The summed E-state index contributed by atoms with van der Waals surface area (Å²) in [6.45, 7) is 4.68. The molecule has 6 nitrogen and oxygen atoms in total. The summed E-state index contributed by atoms with van der Waals surface area (Å²) in [5.74, 6) is -0.527. The normalized spacial score (nSPS) is 19.5. The molecule has 0 aromatic heterocycles. The zero-order chi connectivity index (χ0) is 16.1. The first kappa shape index (κ1) is 16.3. The Bertz CT molecular complexity index is 545. The highest BCUT2D eigenvalue weighted by molar-refractivity contribution is 5.82. The van der Waals surface area contributed by atoms with Crippen LogP contribution in [-0.2, 0) is 14.3 Å². The second-order valence-electron chi connectivity index (χ2n) is 5.43. The molecule has 1 aromatic carbocycles. The van der Waals surface area contributed by atoms with Crippen molar-refractivity contribution in [3.63, 3.8) is 0 Å². The summed E-state index contributed by atoms with van der Waals surface area (Å²) in [7, 11) is 0. The summed E-state index contributed by atoms with van der Waals surface area (Å²) < 4.78 is 11.0. The molecule has 1 saturated heterocycles. The lowest BCUT2D eigenvalue weighted by atomic mass is 10.1. The number of morpholine rings is 1. The van der Waals surface area contributed by atoms with Crippen molar-refractivity contribution in [1.82, 2.24) is 4.90 Å². The lowest BCUT2D eigenvalue weighted by Crippen LogP contribution is -2.53. The first-order valence-corrected chi connectivity index (χ1v) is 7.30. The Morgan fingerprint density at radius 3 is 2.95 bits per heavy atom. The smallest absolute Gasteiger partial charge is 0.305 e. The molecule has 1 aliphatic heterocycles. The van der Waals surface area contributed by atoms with Crippen LogP contribution in [0.4, 0.5) is 0 Å². The van der Waals surface area contributed by atoms with Gasteiger partial charge in [0.25, 0.3) is 5.91 Å². The zero-order valence-corrected chi connectivity index (χ0v) is 12.8. The van der Waals surface area contributed by atoms with E-state index >= 15 is 0 Å². The number of aliphatic carboxylic acids is 1. The maximum atomic E-state index is 12.5. The standard InChI is InChI=1S/C16H21NO5/c1-11-4-3-5-14(8-11)22-12(2)16(20)17-6-7-21-10-13(17)9-15(18)19/h3-5,8,12-13H,6-7,9-10H2,1-2H3,(H,18,19). The van der Waals surface area contributed by atoms with Crippen LogP contribution >= 0.6 is 0 Å². The average Bonchev–Trinajstić information content (AvgIpc) is 2.46. The predicted octanol–water partition coefficient (Wildman–Crippen LogP) is 1.46. The Morgan fingerprint density at radius 1 is 1.50 bits per heavy atom. The van der Waals surface area contributed by atoms with Crippen molar-refractivity contribution in [2.45, 2.75) is 32.4 Å². The molecule has 0 radical (unpaired) electrons. The number of benzene rings is 1. The van der Waals surface area contributed by atoms with Crippen LogP contribution in [0.15, 0.2) is 24.3 Å². The number of carboxylic acids is 1. The van der Waals surface area contributed by atoms with Crippen molar-refractivity contribution in [2.75, 3.05) is 19.8 Å². The first-order valence-electron chi connectivity index (χ1n) is 7.30. The van der Waals surface area contributed by atoms with Crippen molar-refractivity contribution in [3.8, 4) is 5.75 Å². The minimum absolute atomic E-state index is 0.122. The minimum Gasteiger partial charge on any atom is -0.481 e. The molecule has 2 rings (SSSR count). The second-order valence-corrected chi connectivity index (χ2v) is 5.43. The van der Waals surface area contributed by atoms with Gasteiger partial charge in [-0.15, -0.1) is 0 Å². The Balaban J connectivity index is 2.02. The summed E-state index contributed by atoms with van der Waals surface area (Å²) in [4.78, 5) is 25.0. The molecule has 0 bridgehead atoms. The number of hydrogen-bond acceptors (Lipinski definition) is 4. The molecule has 0 saturated carbocycles. The highest BCUT2D eigenvalue weighted by Crippen LogP contribution is 2.17. The number of carbonyl (C=O) groups is 2. The van der Waals surface area contributed by atoms with Crippen LogP contribution < -0.4 is 4.74 Å². The number of aryl methyl sites for hydroxylation is 1. The minimum atomic E-state index is -0.944. The number of nitrogens with zero attached hydrogens (tertiary/aromatic N) is 1. The topological polar surface area (TPSA) is 76.1 Å². The number of hydrogen-bond donors (Lipinski definition) is 1. The number of carboxylic acid groups (broad SMARTS) is 1. The number of amides is 1. The summed E-state index contributed by atoms with van der Waals surface area (Å²) in [6.07, 6.45) is -0.792. The molecular weight excluding hydrogens is 286 g/mol. The molecule has 1 aliphatic rings. The summed E-state index contributed by atoms with van der Waals surface area (Å²) >= 11 is 0.